The Kier molecular flexibility index (Phi) is 4.37. The summed E-state index contributed by atoms with van der Waals surface area (Å²) in [5, 5.41) is 3.73. The van der Waals surface area contributed by atoms with Crippen molar-refractivity contribution in [2.24, 2.45) is 0 Å². The van der Waals surface area contributed by atoms with E-state index in [1.165, 1.54) is 44.3 Å². The Balaban J connectivity index is 1.68. The normalized spacial score (nSPS) is 31.4. The molecule has 2 aliphatic rings. The van der Waals surface area contributed by atoms with Crippen molar-refractivity contribution in [2.75, 3.05) is 6.54 Å². The van der Waals surface area contributed by atoms with Crippen molar-refractivity contribution >= 4 is 0 Å². The summed E-state index contributed by atoms with van der Waals surface area (Å²) >= 11 is 0. The fourth-order valence-corrected chi connectivity index (χ4v) is 4.14. The van der Waals surface area contributed by atoms with Crippen molar-refractivity contribution in [1.29, 1.82) is 0 Å². The second-order valence-electron chi connectivity index (χ2n) is 6.39. The molecule has 1 aromatic heterocycles. The minimum Gasteiger partial charge on any atom is -0.314 e. The summed E-state index contributed by atoms with van der Waals surface area (Å²) in [6.45, 7) is 5.74. The van der Waals surface area contributed by atoms with Crippen LogP contribution in [-0.4, -0.2) is 34.6 Å². The number of piperidine rings is 1. The van der Waals surface area contributed by atoms with E-state index in [0.717, 1.165) is 18.1 Å². The van der Waals surface area contributed by atoms with Gasteiger partial charge in [-0.05, 0) is 57.7 Å². The van der Waals surface area contributed by atoms with Crippen LogP contribution in [0.4, 0.5) is 0 Å². The van der Waals surface area contributed by atoms with Gasteiger partial charge in [-0.2, -0.15) is 0 Å². The summed E-state index contributed by atoms with van der Waals surface area (Å²) < 4.78 is 0. The van der Waals surface area contributed by atoms with E-state index in [1.807, 2.05) is 12.3 Å². The van der Waals surface area contributed by atoms with E-state index in [0.29, 0.717) is 6.04 Å². The SMILES string of the molecule is CCCNC1CC2CCC(C1)N2C(C)c1ccccn1. The van der Waals surface area contributed by atoms with Gasteiger partial charge in [0.2, 0.25) is 0 Å². The highest BCUT2D eigenvalue weighted by molar-refractivity contribution is 5.11. The molecular formula is C17H27N3. The second kappa shape index (κ2) is 6.23. The summed E-state index contributed by atoms with van der Waals surface area (Å²) in [4.78, 5) is 7.30. The Morgan fingerprint density at radius 2 is 2.05 bits per heavy atom. The maximum Gasteiger partial charge on any atom is 0.0572 e. The molecule has 3 rings (SSSR count). The fraction of sp³-hybridized carbons (Fsp3) is 0.706. The third kappa shape index (κ3) is 2.75. The maximum atomic E-state index is 4.56. The van der Waals surface area contributed by atoms with E-state index in [9.17, 15) is 0 Å². The molecule has 0 amide bonds. The van der Waals surface area contributed by atoms with Crippen LogP contribution in [-0.2, 0) is 0 Å². The number of fused-ring (bicyclic) bond motifs is 2. The van der Waals surface area contributed by atoms with E-state index in [2.05, 4.69) is 41.2 Å². The van der Waals surface area contributed by atoms with Crippen LogP contribution in [0.5, 0.6) is 0 Å². The van der Waals surface area contributed by atoms with Gasteiger partial charge < -0.3 is 5.32 Å². The molecule has 2 aliphatic heterocycles. The Labute approximate surface area is 122 Å². The van der Waals surface area contributed by atoms with Gasteiger partial charge in [0.1, 0.15) is 0 Å². The summed E-state index contributed by atoms with van der Waals surface area (Å²) in [6, 6.07) is 8.98. The van der Waals surface area contributed by atoms with Crippen LogP contribution in [0.2, 0.25) is 0 Å². The summed E-state index contributed by atoms with van der Waals surface area (Å²) in [6.07, 6.45) is 8.52. The van der Waals surface area contributed by atoms with Crippen molar-refractivity contribution in [2.45, 2.75) is 70.1 Å². The predicted octanol–water partition coefficient (Wildman–Crippen LogP) is 3.14. The first kappa shape index (κ1) is 14.0. The first-order valence-electron chi connectivity index (χ1n) is 8.21. The van der Waals surface area contributed by atoms with Gasteiger partial charge in [-0.25, -0.2) is 0 Å². The van der Waals surface area contributed by atoms with Crippen molar-refractivity contribution < 1.29 is 0 Å². The Bertz CT molecular complexity index is 406. The molecule has 2 saturated heterocycles. The molecule has 3 unspecified atom stereocenters. The van der Waals surface area contributed by atoms with Crippen LogP contribution in [0.25, 0.3) is 0 Å². The lowest BCUT2D eigenvalue weighted by Crippen LogP contribution is -2.50. The minimum atomic E-state index is 0.459. The molecule has 110 valence electrons. The number of aromatic nitrogens is 1. The number of nitrogens with zero attached hydrogens (tertiary/aromatic N) is 2. The lowest BCUT2D eigenvalue weighted by Gasteiger charge is -2.42. The summed E-state index contributed by atoms with van der Waals surface area (Å²) in [5.74, 6) is 0. The van der Waals surface area contributed by atoms with E-state index >= 15 is 0 Å². The van der Waals surface area contributed by atoms with Gasteiger partial charge in [0.15, 0.2) is 0 Å². The van der Waals surface area contributed by atoms with E-state index < -0.39 is 0 Å². The molecule has 3 nitrogen and oxygen atoms in total. The molecule has 2 fully saturated rings. The fourth-order valence-electron chi connectivity index (χ4n) is 4.14. The molecule has 0 spiro atoms. The molecule has 3 heterocycles. The van der Waals surface area contributed by atoms with Gasteiger partial charge in [-0.3, -0.25) is 9.88 Å². The number of hydrogen-bond acceptors (Lipinski definition) is 3. The highest BCUT2D eigenvalue weighted by Gasteiger charge is 2.42. The van der Waals surface area contributed by atoms with Crippen LogP contribution >= 0.6 is 0 Å². The average Bonchev–Trinajstić information content (AvgIpc) is 2.76. The number of hydrogen-bond donors (Lipinski definition) is 1. The Morgan fingerprint density at radius 1 is 1.30 bits per heavy atom. The van der Waals surface area contributed by atoms with Gasteiger partial charge >= 0.3 is 0 Å². The third-order valence-corrected chi connectivity index (χ3v) is 5.04. The number of rotatable bonds is 5. The highest BCUT2D eigenvalue weighted by atomic mass is 15.3. The van der Waals surface area contributed by atoms with Crippen molar-refractivity contribution in [3.05, 3.63) is 30.1 Å². The van der Waals surface area contributed by atoms with Gasteiger partial charge in [-0.15, -0.1) is 0 Å². The maximum absolute atomic E-state index is 4.56. The van der Waals surface area contributed by atoms with Crippen LogP contribution in [0.1, 0.15) is 57.7 Å². The van der Waals surface area contributed by atoms with Gasteiger partial charge in [0, 0.05) is 30.4 Å². The molecule has 0 aromatic carbocycles. The standard InChI is InChI=1S/C17H27N3/c1-3-9-18-14-11-15-7-8-16(12-14)20(15)13(2)17-6-4-5-10-19-17/h4-6,10,13-16,18H,3,7-9,11-12H2,1-2H3. The van der Waals surface area contributed by atoms with Crippen LogP contribution in [0.3, 0.4) is 0 Å². The zero-order valence-electron chi connectivity index (χ0n) is 12.8. The number of nitrogens with one attached hydrogen (secondary N) is 1. The molecule has 3 atom stereocenters. The lowest BCUT2D eigenvalue weighted by atomic mass is 9.94. The molecule has 1 N–H and O–H groups in total. The zero-order chi connectivity index (χ0) is 13.9. The monoisotopic (exact) mass is 273 g/mol. The molecular weight excluding hydrogens is 246 g/mol. The molecule has 0 saturated carbocycles. The molecule has 0 radical (unpaired) electrons. The minimum absolute atomic E-state index is 0.459. The predicted molar refractivity (Wildman–Crippen MR) is 82.6 cm³/mol. The first-order chi connectivity index (χ1) is 9.79. The largest absolute Gasteiger partial charge is 0.314 e. The second-order valence-corrected chi connectivity index (χ2v) is 6.39. The molecule has 1 aromatic rings. The third-order valence-electron chi connectivity index (χ3n) is 5.04. The van der Waals surface area contributed by atoms with Crippen LogP contribution < -0.4 is 5.32 Å². The zero-order valence-corrected chi connectivity index (χ0v) is 12.8. The van der Waals surface area contributed by atoms with Crippen LogP contribution in [0.15, 0.2) is 24.4 Å². The summed E-state index contributed by atoms with van der Waals surface area (Å²) in [5.41, 5.74) is 1.23. The van der Waals surface area contributed by atoms with Gasteiger partial charge in [-0.1, -0.05) is 13.0 Å². The topological polar surface area (TPSA) is 28.2 Å². The van der Waals surface area contributed by atoms with Gasteiger partial charge in [0.05, 0.1) is 5.69 Å². The quantitative estimate of drug-likeness (QED) is 0.893. The smallest absolute Gasteiger partial charge is 0.0572 e. The van der Waals surface area contributed by atoms with E-state index in [4.69, 9.17) is 0 Å². The lowest BCUT2D eigenvalue weighted by molar-refractivity contribution is 0.0753. The van der Waals surface area contributed by atoms with E-state index in [-0.39, 0.29) is 0 Å². The highest BCUT2D eigenvalue weighted by Crippen LogP contribution is 2.40. The van der Waals surface area contributed by atoms with Gasteiger partial charge in [0.25, 0.3) is 0 Å². The Morgan fingerprint density at radius 3 is 2.65 bits per heavy atom. The summed E-state index contributed by atoms with van der Waals surface area (Å²) in [7, 11) is 0. The van der Waals surface area contributed by atoms with Crippen LogP contribution in [0, 0.1) is 0 Å². The first-order valence-corrected chi connectivity index (χ1v) is 8.21. The molecule has 2 bridgehead atoms. The van der Waals surface area contributed by atoms with E-state index in [1.54, 1.807) is 0 Å². The Hall–Kier alpha value is -0.930. The molecule has 3 heteroatoms. The molecule has 20 heavy (non-hydrogen) atoms. The average molecular weight is 273 g/mol. The van der Waals surface area contributed by atoms with Crippen molar-refractivity contribution in [1.82, 2.24) is 15.2 Å². The van der Waals surface area contributed by atoms with Crippen molar-refractivity contribution in [3.63, 3.8) is 0 Å². The van der Waals surface area contributed by atoms with Crippen molar-refractivity contribution in [3.8, 4) is 0 Å². The molecule has 0 aliphatic carbocycles. The number of pyridine rings is 1.